The van der Waals surface area contributed by atoms with Crippen molar-refractivity contribution in [3.8, 4) is 0 Å². The normalized spacial score (nSPS) is 15.1. The van der Waals surface area contributed by atoms with Gasteiger partial charge in [0.25, 0.3) is 0 Å². The molecule has 152 valence electrons. The molecule has 1 aliphatic rings. The molecule has 0 radical (unpaired) electrons. The van der Waals surface area contributed by atoms with Gasteiger partial charge in [0.2, 0.25) is 5.91 Å². The third-order valence-electron chi connectivity index (χ3n) is 5.51. The number of anilines is 2. The number of rotatable bonds is 3. The lowest BCUT2D eigenvalue weighted by Gasteiger charge is -2.32. The molecule has 3 heterocycles. The van der Waals surface area contributed by atoms with Crippen LogP contribution in [0.3, 0.4) is 0 Å². The molecule has 0 bridgehead atoms. The lowest BCUT2D eigenvalue weighted by atomic mass is 9.95. The maximum Gasteiger partial charge on any atom is 0.227 e. The quantitative estimate of drug-likeness (QED) is 0.457. The number of benzene rings is 2. The van der Waals surface area contributed by atoms with E-state index in [1.54, 1.807) is 18.2 Å². The Kier molecular flexibility index (Phi) is 5.00. The first-order valence-corrected chi connectivity index (χ1v) is 10.9. The Bertz CT molecular complexity index is 1250. The summed E-state index contributed by atoms with van der Waals surface area (Å²) in [6.45, 7) is 1.40. The van der Waals surface area contributed by atoms with Gasteiger partial charge in [-0.05, 0) is 37.1 Å². The van der Waals surface area contributed by atoms with Gasteiger partial charge in [-0.3, -0.25) is 4.79 Å². The van der Waals surface area contributed by atoms with Gasteiger partial charge < -0.3 is 10.2 Å². The van der Waals surface area contributed by atoms with Gasteiger partial charge in [-0.25, -0.2) is 14.4 Å². The van der Waals surface area contributed by atoms with Crippen LogP contribution in [0.4, 0.5) is 15.9 Å². The number of amides is 1. The number of fused-ring (bicyclic) bond motifs is 3. The molecular formula is C22H18ClFN4OS. The summed E-state index contributed by atoms with van der Waals surface area (Å²) in [5, 5.41) is 4.02. The highest BCUT2D eigenvalue weighted by Gasteiger charge is 2.27. The van der Waals surface area contributed by atoms with Crippen molar-refractivity contribution in [2.24, 2.45) is 5.92 Å². The van der Waals surface area contributed by atoms with Crippen LogP contribution in [-0.4, -0.2) is 29.0 Å². The molecule has 1 N–H and O–H groups in total. The number of piperidine rings is 1. The largest absolute Gasteiger partial charge is 0.355 e. The summed E-state index contributed by atoms with van der Waals surface area (Å²) >= 11 is 7.65. The van der Waals surface area contributed by atoms with E-state index in [1.165, 1.54) is 23.7 Å². The number of aromatic nitrogens is 2. The van der Waals surface area contributed by atoms with E-state index in [4.69, 9.17) is 11.6 Å². The Morgan fingerprint density at radius 3 is 2.73 bits per heavy atom. The van der Waals surface area contributed by atoms with E-state index in [0.29, 0.717) is 47.5 Å². The lowest BCUT2D eigenvalue weighted by Crippen LogP contribution is -2.38. The zero-order valence-corrected chi connectivity index (χ0v) is 17.5. The lowest BCUT2D eigenvalue weighted by molar-refractivity contribution is -0.120. The molecule has 0 saturated carbocycles. The predicted octanol–water partition coefficient (Wildman–Crippen LogP) is 5.49. The minimum absolute atomic E-state index is 0.0143. The minimum Gasteiger partial charge on any atom is -0.355 e. The Labute approximate surface area is 181 Å². The molecular weight excluding hydrogens is 423 g/mol. The van der Waals surface area contributed by atoms with E-state index < -0.39 is 0 Å². The van der Waals surface area contributed by atoms with E-state index >= 15 is 0 Å². The third kappa shape index (κ3) is 3.38. The number of hydrogen-bond donors (Lipinski definition) is 1. The van der Waals surface area contributed by atoms with Crippen LogP contribution >= 0.6 is 22.9 Å². The zero-order valence-electron chi connectivity index (χ0n) is 15.9. The number of halogens is 2. The molecule has 30 heavy (non-hydrogen) atoms. The average molecular weight is 441 g/mol. The van der Waals surface area contributed by atoms with Crippen LogP contribution < -0.4 is 10.2 Å². The number of hydrogen-bond acceptors (Lipinski definition) is 5. The maximum atomic E-state index is 14.3. The van der Waals surface area contributed by atoms with Crippen molar-refractivity contribution in [3.05, 3.63) is 59.6 Å². The van der Waals surface area contributed by atoms with Crippen molar-refractivity contribution in [1.29, 1.82) is 0 Å². The van der Waals surface area contributed by atoms with Crippen LogP contribution in [0, 0.1) is 11.7 Å². The average Bonchev–Trinajstić information content (AvgIpc) is 3.15. The number of nitrogens with one attached hydrogen (secondary N) is 1. The molecule has 5 rings (SSSR count). The zero-order chi connectivity index (χ0) is 20.7. The molecule has 2 aromatic heterocycles. The van der Waals surface area contributed by atoms with Crippen molar-refractivity contribution in [2.75, 3.05) is 23.3 Å². The monoisotopic (exact) mass is 440 g/mol. The second kappa shape index (κ2) is 7.81. The minimum atomic E-state index is -0.265. The standard InChI is InChI=1S/C22H18ClFN4OS/c23-14-4-1-2-6-16(14)27-22(29)13-8-10-28(11-9-13)21-20-19(25-12-26-21)18-15(24)5-3-7-17(18)30-20/h1-7,12-13H,8-11H2,(H,27,29). The fourth-order valence-corrected chi connectivity index (χ4v) is 5.31. The van der Waals surface area contributed by atoms with E-state index in [-0.39, 0.29) is 17.6 Å². The van der Waals surface area contributed by atoms with E-state index in [0.717, 1.165) is 15.2 Å². The van der Waals surface area contributed by atoms with Crippen molar-refractivity contribution in [1.82, 2.24) is 9.97 Å². The third-order valence-corrected chi connectivity index (χ3v) is 6.98. The Morgan fingerprint density at radius 2 is 1.93 bits per heavy atom. The molecule has 1 saturated heterocycles. The summed E-state index contributed by atoms with van der Waals surface area (Å²) in [6.07, 6.45) is 2.91. The molecule has 5 nitrogen and oxygen atoms in total. The van der Waals surface area contributed by atoms with Gasteiger partial charge in [0.15, 0.2) is 0 Å². The Hall–Kier alpha value is -2.77. The summed E-state index contributed by atoms with van der Waals surface area (Å²) in [5.74, 6) is 0.443. The van der Waals surface area contributed by atoms with Gasteiger partial charge in [0, 0.05) is 23.7 Å². The number of carbonyl (C=O) groups is 1. The number of para-hydroxylation sites is 1. The molecule has 0 atom stereocenters. The van der Waals surface area contributed by atoms with Crippen LogP contribution in [0.1, 0.15) is 12.8 Å². The highest BCUT2D eigenvalue weighted by Crippen LogP contribution is 2.39. The highest BCUT2D eigenvalue weighted by molar-refractivity contribution is 7.26. The second-order valence-electron chi connectivity index (χ2n) is 7.32. The molecule has 0 aliphatic carbocycles. The van der Waals surface area contributed by atoms with Crippen molar-refractivity contribution < 1.29 is 9.18 Å². The fraction of sp³-hybridized carbons (Fsp3) is 0.227. The first kappa shape index (κ1) is 19.2. The van der Waals surface area contributed by atoms with Gasteiger partial charge in [0.05, 0.1) is 26.3 Å². The molecule has 8 heteroatoms. The van der Waals surface area contributed by atoms with Crippen molar-refractivity contribution >= 4 is 60.7 Å². The van der Waals surface area contributed by atoms with Crippen LogP contribution in [0.5, 0.6) is 0 Å². The Morgan fingerprint density at radius 1 is 1.13 bits per heavy atom. The SMILES string of the molecule is O=C(Nc1ccccc1Cl)C1CCN(c2ncnc3c2sc2cccc(F)c23)CC1. The number of carbonyl (C=O) groups excluding carboxylic acids is 1. The Balaban J connectivity index is 1.35. The molecule has 0 unspecified atom stereocenters. The number of thiophene rings is 1. The molecule has 1 amide bonds. The number of nitrogens with zero attached hydrogens (tertiary/aromatic N) is 3. The van der Waals surface area contributed by atoms with Gasteiger partial charge in [-0.2, -0.15) is 0 Å². The second-order valence-corrected chi connectivity index (χ2v) is 8.78. The summed E-state index contributed by atoms with van der Waals surface area (Å²) in [7, 11) is 0. The summed E-state index contributed by atoms with van der Waals surface area (Å²) in [4.78, 5) is 23.7. The van der Waals surface area contributed by atoms with Crippen molar-refractivity contribution in [2.45, 2.75) is 12.8 Å². The first-order valence-electron chi connectivity index (χ1n) is 9.74. The fourth-order valence-electron chi connectivity index (χ4n) is 3.94. The summed E-state index contributed by atoms with van der Waals surface area (Å²) < 4.78 is 16.1. The first-order chi connectivity index (χ1) is 14.6. The predicted molar refractivity (Wildman–Crippen MR) is 120 cm³/mol. The van der Waals surface area contributed by atoms with Gasteiger partial charge in [0.1, 0.15) is 18.0 Å². The van der Waals surface area contributed by atoms with Crippen LogP contribution in [0.15, 0.2) is 48.8 Å². The van der Waals surface area contributed by atoms with Crippen LogP contribution in [0.2, 0.25) is 5.02 Å². The van der Waals surface area contributed by atoms with Crippen LogP contribution in [-0.2, 0) is 4.79 Å². The molecule has 2 aromatic carbocycles. The smallest absolute Gasteiger partial charge is 0.227 e. The van der Waals surface area contributed by atoms with Crippen LogP contribution in [0.25, 0.3) is 20.3 Å². The van der Waals surface area contributed by atoms with E-state index in [9.17, 15) is 9.18 Å². The molecule has 1 aliphatic heterocycles. The van der Waals surface area contributed by atoms with E-state index in [1.807, 2.05) is 18.2 Å². The van der Waals surface area contributed by atoms with E-state index in [2.05, 4.69) is 20.2 Å². The molecule has 4 aromatic rings. The molecule has 0 spiro atoms. The van der Waals surface area contributed by atoms with Crippen molar-refractivity contribution in [3.63, 3.8) is 0 Å². The van der Waals surface area contributed by atoms with Gasteiger partial charge >= 0.3 is 0 Å². The molecule has 1 fully saturated rings. The topological polar surface area (TPSA) is 58.1 Å². The van der Waals surface area contributed by atoms with Gasteiger partial charge in [-0.1, -0.05) is 29.8 Å². The highest BCUT2D eigenvalue weighted by atomic mass is 35.5. The van der Waals surface area contributed by atoms with Gasteiger partial charge in [-0.15, -0.1) is 11.3 Å². The summed E-state index contributed by atoms with van der Waals surface area (Å²) in [6, 6.07) is 12.3. The summed E-state index contributed by atoms with van der Waals surface area (Å²) in [5.41, 5.74) is 1.29. The maximum absolute atomic E-state index is 14.3.